The molecule has 2 rings (SSSR count). The number of benzene rings is 1. The number of carbonyl (C=O) groups is 1. The first-order valence-electron chi connectivity index (χ1n) is 4.50. The second-order valence-electron chi connectivity index (χ2n) is 3.21. The molecule has 0 aliphatic rings. The quantitative estimate of drug-likeness (QED) is 0.772. The van der Waals surface area contributed by atoms with Crippen molar-refractivity contribution in [3.8, 4) is 0 Å². The van der Waals surface area contributed by atoms with E-state index in [9.17, 15) is 4.79 Å². The third-order valence-corrected chi connectivity index (χ3v) is 2.45. The zero-order chi connectivity index (χ0) is 9.97. The zero-order valence-corrected chi connectivity index (χ0v) is 8.34. The number of hydrogen-bond donors (Lipinski definition) is 1. The van der Waals surface area contributed by atoms with Crippen molar-refractivity contribution in [2.24, 2.45) is 0 Å². The molecule has 72 valence electrons. The molecule has 0 saturated carbocycles. The van der Waals surface area contributed by atoms with Crippen LogP contribution in [0.15, 0.2) is 30.5 Å². The zero-order valence-electron chi connectivity index (χ0n) is 7.59. The lowest BCUT2D eigenvalue weighted by atomic mass is 10.1. The number of H-pyrrole nitrogens is 1. The molecular formula is C11H10ClNO. The molecule has 14 heavy (non-hydrogen) atoms. The Hall–Kier alpha value is -1.28. The Morgan fingerprint density at radius 3 is 2.93 bits per heavy atom. The minimum atomic E-state index is -0.282. The van der Waals surface area contributed by atoms with Gasteiger partial charge in [0.15, 0.2) is 0 Å². The standard InChI is InChI=1S/C11H10ClNO/c12-11(14)6-5-8-7-13-10-4-2-1-3-9(8)10/h1-4,7,13H,5-6H2. The fourth-order valence-electron chi connectivity index (χ4n) is 1.57. The second-order valence-corrected chi connectivity index (χ2v) is 3.64. The van der Waals surface area contributed by atoms with E-state index < -0.39 is 0 Å². The van der Waals surface area contributed by atoms with Crippen molar-refractivity contribution >= 4 is 27.7 Å². The van der Waals surface area contributed by atoms with Crippen LogP contribution in [-0.2, 0) is 11.2 Å². The second kappa shape index (κ2) is 3.84. The van der Waals surface area contributed by atoms with E-state index in [1.807, 2.05) is 30.5 Å². The molecule has 3 heteroatoms. The third kappa shape index (κ3) is 1.80. The summed E-state index contributed by atoms with van der Waals surface area (Å²) in [6, 6.07) is 8.03. The molecule has 0 atom stereocenters. The Morgan fingerprint density at radius 2 is 2.14 bits per heavy atom. The molecule has 0 unspecified atom stereocenters. The number of rotatable bonds is 3. The average molecular weight is 208 g/mol. The molecule has 0 radical (unpaired) electrons. The van der Waals surface area contributed by atoms with Gasteiger partial charge in [0.2, 0.25) is 5.24 Å². The van der Waals surface area contributed by atoms with Crippen LogP contribution in [0, 0.1) is 0 Å². The molecule has 2 aromatic rings. The minimum absolute atomic E-state index is 0.282. The molecular weight excluding hydrogens is 198 g/mol. The van der Waals surface area contributed by atoms with Gasteiger partial charge in [0.1, 0.15) is 0 Å². The van der Waals surface area contributed by atoms with E-state index in [-0.39, 0.29) is 5.24 Å². The Bertz CT molecular complexity index is 461. The smallest absolute Gasteiger partial charge is 0.221 e. The fraction of sp³-hybridized carbons (Fsp3) is 0.182. The first-order chi connectivity index (χ1) is 6.77. The van der Waals surface area contributed by atoms with Crippen LogP contribution in [0.5, 0.6) is 0 Å². The highest BCUT2D eigenvalue weighted by Crippen LogP contribution is 2.19. The Labute approximate surface area is 86.9 Å². The predicted molar refractivity (Wildman–Crippen MR) is 57.5 cm³/mol. The number of fused-ring (bicyclic) bond motifs is 1. The Balaban J connectivity index is 2.29. The highest BCUT2D eigenvalue weighted by atomic mass is 35.5. The van der Waals surface area contributed by atoms with Gasteiger partial charge in [-0.05, 0) is 29.7 Å². The van der Waals surface area contributed by atoms with Gasteiger partial charge in [-0.1, -0.05) is 18.2 Å². The van der Waals surface area contributed by atoms with E-state index in [1.54, 1.807) is 0 Å². The van der Waals surface area contributed by atoms with Crippen molar-refractivity contribution in [1.82, 2.24) is 4.98 Å². The van der Waals surface area contributed by atoms with Gasteiger partial charge in [-0.3, -0.25) is 4.79 Å². The molecule has 1 heterocycles. The van der Waals surface area contributed by atoms with E-state index in [1.165, 1.54) is 5.39 Å². The van der Waals surface area contributed by atoms with E-state index in [0.717, 1.165) is 11.1 Å². The number of aromatic nitrogens is 1. The van der Waals surface area contributed by atoms with Crippen molar-refractivity contribution in [3.05, 3.63) is 36.0 Å². The number of aromatic amines is 1. The summed E-state index contributed by atoms with van der Waals surface area (Å²) in [6.45, 7) is 0. The lowest BCUT2D eigenvalue weighted by molar-refractivity contribution is -0.111. The van der Waals surface area contributed by atoms with Gasteiger partial charge in [0.25, 0.3) is 0 Å². The number of para-hydroxylation sites is 1. The Morgan fingerprint density at radius 1 is 1.36 bits per heavy atom. The number of hydrogen-bond acceptors (Lipinski definition) is 1. The molecule has 1 N–H and O–H groups in total. The lowest BCUT2D eigenvalue weighted by Gasteiger charge is -1.94. The summed E-state index contributed by atoms with van der Waals surface area (Å²) in [5, 5.41) is 0.890. The van der Waals surface area contributed by atoms with Crippen LogP contribution in [0.3, 0.4) is 0 Å². The molecule has 0 spiro atoms. The molecule has 0 bridgehead atoms. The van der Waals surface area contributed by atoms with Crippen LogP contribution in [0.25, 0.3) is 10.9 Å². The average Bonchev–Trinajstić information content (AvgIpc) is 2.58. The van der Waals surface area contributed by atoms with Gasteiger partial charge in [-0.25, -0.2) is 0 Å². The van der Waals surface area contributed by atoms with Crippen LogP contribution in [0.2, 0.25) is 0 Å². The summed E-state index contributed by atoms with van der Waals surface area (Å²) >= 11 is 5.30. The molecule has 1 aromatic carbocycles. The highest BCUT2D eigenvalue weighted by Gasteiger charge is 2.04. The number of halogens is 1. The number of nitrogens with one attached hydrogen (secondary N) is 1. The van der Waals surface area contributed by atoms with E-state index in [2.05, 4.69) is 4.98 Å². The first kappa shape index (κ1) is 9.28. The lowest BCUT2D eigenvalue weighted by Crippen LogP contribution is -1.89. The van der Waals surface area contributed by atoms with Gasteiger partial charge < -0.3 is 4.98 Å². The summed E-state index contributed by atoms with van der Waals surface area (Å²) in [5.41, 5.74) is 2.25. The summed E-state index contributed by atoms with van der Waals surface area (Å²) in [7, 11) is 0. The van der Waals surface area contributed by atoms with Crippen LogP contribution in [0.4, 0.5) is 0 Å². The van der Waals surface area contributed by atoms with Gasteiger partial charge in [0, 0.05) is 23.5 Å². The molecule has 0 aliphatic heterocycles. The summed E-state index contributed by atoms with van der Waals surface area (Å²) < 4.78 is 0. The van der Waals surface area contributed by atoms with Crippen molar-refractivity contribution < 1.29 is 4.79 Å². The molecule has 1 aromatic heterocycles. The maximum atomic E-state index is 10.6. The highest BCUT2D eigenvalue weighted by molar-refractivity contribution is 6.63. The maximum Gasteiger partial charge on any atom is 0.221 e. The van der Waals surface area contributed by atoms with Gasteiger partial charge in [-0.2, -0.15) is 0 Å². The Kier molecular flexibility index (Phi) is 2.55. The SMILES string of the molecule is O=C(Cl)CCc1c[nH]c2ccccc12. The van der Waals surface area contributed by atoms with Crippen molar-refractivity contribution in [2.75, 3.05) is 0 Å². The van der Waals surface area contributed by atoms with Gasteiger partial charge in [0.05, 0.1) is 0 Å². The van der Waals surface area contributed by atoms with E-state index >= 15 is 0 Å². The van der Waals surface area contributed by atoms with Crippen LogP contribution < -0.4 is 0 Å². The fourth-order valence-corrected chi connectivity index (χ4v) is 1.67. The summed E-state index contributed by atoms with van der Waals surface area (Å²) in [6.07, 6.45) is 3.03. The van der Waals surface area contributed by atoms with Crippen LogP contribution in [0.1, 0.15) is 12.0 Å². The van der Waals surface area contributed by atoms with Crippen molar-refractivity contribution in [2.45, 2.75) is 12.8 Å². The molecule has 0 fully saturated rings. The molecule has 0 saturated heterocycles. The van der Waals surface area contributed by atoms with Gasteiger partial charge >= 0.3 is 0 Å². The predicted octanol–water partition coefficient (Wildman–Crippen LogP) is 2.87. The largest absolute Gasteiger partial charge is 0.361 e. The number of carbonyl (C=O) groups excluding carboxylic acids is 1. The molecule has 0 aliphatic carbocycles. The number of aryl methyl sites for hydroxylation is 1. The normalized spacial score (nSPS) is 10.6. The van der Waals surface area contributed by atoms with E-state index in [0.29, 0.717) is 12.8 Å². The van der Waals surface area contributed by atoms with Crippen LogP contribution >= 0.6 is 11.6 Å². The molecule has 2 nitrogen and oxygen atoms in total. The van der Waals surface area contributed by atoms with Crippen molar-refractivity contribution in [1.29, 1.82) is 0 Å². The third-order valence-electron chi connectivity index (χ3n) is 2.27. The monoisotopic (exact) mass is 207 g/mol. The van der Waals surface area contributed by atoms with Gasteiger partial charge in [-0.15, -0.1) is 0 Å². The summed E-state index contributed by atoms with van der Waals surface area (Å²) in [4.78, 5) is 13.8. The van der Waals surface area contributed by atoms with Crippen LogP contribution in [-0.4, -0.2) is 10.2 Å². The van der Waals surface area contributed by atoms with Crippen molar-refractivity contribution in [3.63, 3.8) is 0 Å². The maximum absolute atomic E-state index is 10.6. The topological polar surface area (TPSA) is 32.9 Å². The van der Waals surface area contributed by atoms with E-state index in [4.69, 9.17) is 11.6 Å². The summed E-state index contributed by atoms with van der Waals surface area (Å²) in [5.74, 6) is 0. The minimum Gasteiger partial charge on any atom is -0.361 e. The first-order valence-corrected chi connectivity index (χ1v) is 4.88. The molecule has 0 amide bonds.